The molecule has 0 spiro atoms. The van der Waals surface area contributed by atoms with E-state index >= 15 is 0 Å². The summed E-state index contributed by atoms with van der Waals surface area (Å²) in [5, 5.41) is 10.8. The van der Waals surface area contributed by atoms with Crippen LogP contribution < -0.4 is 11.5 Å². The van der Waals surface area contributed by atoms with E-state index in [0.29, 0.717) is 10.9 Å². The molecule has 0 aliphatic rings. The molecule has 0 rings (SSSR count). The Morgan fingerprint density at radius 3 is 2.38 bits per heavy atom. The van der Waals surface area contributed by atoms with Crippen molar-refractivity contribution >= 4 is 29.2 Å². The van der Waals surface area contributed by atoms with Gasteiger partial charge in [-0.1, -0.05) is 12.2 Å². The first-order chi connectivity index (χ1) is 3.27. The van der Waals surface area contributed by atoms with Crippen molar-refractivity contribution in [2.45, 2.75) is 0 Å². The van der Waals surface area contributed by atoms with Gasteiger partial charge >= 0.3 is 0 Å². The predicted molar refractivity (Wildman–Crippen MR) is 41.7 cm³/mol. The molecule has 8 heavy (non-hydrogen) atoms. The second-order valence-corrected chi connectivity index (χ2v) is 2.11. The molecule has 0 bridgehead atoms. The third-order valence-electron chi connectivity index (χ3n) is 0.388. The topological polar surface area (TPSA) is 67.3 Å². The van der Waals surface area contributed by atoms with Crippen LogP contribution in [0.1, 0.15) is 0 Å². The zero-order chi connectivity index (χ0) is 5.70. The molecule has 0 amide bonds. The van der Waals surface area contributed by atoms with E-state index in [4.69, 9.17) is 5.11 Å². The third kappa shape index (κ3) is 9.48. The van der Waals surface area contributed by atoms with Crippen molar-refractivity contribution in [3.8, 4) is 0 Å². The summed E-state index contributed by atoms with van der Waals surface area (Å²) in [7, 11) is 0. The maximum atomic E-state index is 8.16. The van der Waals surface area contributed by atoms with Gasteiger partial charge in [0.25, 0.3) is 0 Å². The van der Waals surface area contributed by atoms with Gasteiger partial charge < -0.3 is 16.6 Å². The van der Waals surface area contributed by atoms with Crippen molar-refractivity contribution in [3.63, 3.8) is 0 Å². The molecule has 3 nitrogen and oxygen atoms in total. The summed E-state index contributed by atoms with van der Waals surface area (Å²) in [5.41, 5.74) is 0. The van der Waals surface area contributed by atoms with E-state index in [2.05, 4.69) is 30.2 Å². The van der Waals surface area contributed by atoms with Crippen LogP contribution in [0.3, 0.4) is 0 Å². The number of rotatable bonds is 2. The molecule has 0 radical (unpaired) electrons. The van der Waals surface area contributed by atoms with E-state index in [9.17, 15) is 0 Å². The Kier molecular flexibility index (Phi) is 9.87. The number of hydrogen-bond donors (Lipinski definition) is 4. The fraction of sp³-hybridized carbons (Fsp3) is 0.667. The molecule has 0 saturated carbocycles. The highest BCUT2D eigenvalue weighted by atomic mass is 32.1. The number of aliphatic hydroxyl groups is 1. The van der Waals surface area contributed by atoms with E-state index in [1.165, 1.54) is 0 Å². The molecule has 5 N–H and O–H groups in total. The molecule has 0 atom stereocenters. The molecule has 5 heteroatoms. The molecule has 50 valence electrons. The van der Waals surface area contributed by atoms with Gasteiger partial charge in [0, 0.05) is 6.54 Å². The van der Waals surface area contributed by atoms with E-state index in [1.807, 2.05) is 0 Å². The van der Waals surface area contributed by atoms with Gasteiger partial charge in [0.1, 0.15) is 4.32 Å². The monoisotopic (exact) mass is 154 g/mol. The molecule has 0 heterocycles. The van der Waals surface area contributed by atoms with Gasteiger partial charge in [-0.3, -0.25) is 0 Å². The van der Waals surface area contributed by atoms with Gasteiger partial charge in [-0.25, -0.2) is 0 Å². The quantitative estimate of drug-likeness (QED) is 0.332. The second-order valence-electron chi connectivity index (χ2n) is 0.956. The Morgan fingerprint density at radius 1 is 1.75 bits per heavy atom. The Hall–Kier alpha value is 0.160. The summed E-state index contributed by atoms with van der Waals surface area (Å²) in [5.74, 6) is 0. The number of thiocarbonyl (C=S) groups is 1. The molecule has 0 unspecified atom stereocenters. The van der Waals surface area contributed by atoms with Crippen LogP contribution in [0.15, 0.2) is 0 Å². The van der Waals surface area contributed by atoms with E-state index in [-0.39, 0.29) is 12.8 Å². The zero-order valence-electron chi connectivity index (χ0n) is 4.42. The average molecular weight is 154 g/mol. The molecule has 0 fully saturated rings. The summed E-state index contributed by atoms with van der Waals surface area (Å²) < 4.78 is 0.425. The first-order valence-electron chi connectivity index (χ1n) is 1.85. The average Bonchev–Trinajstić information content (AvgIpc) is 1.61. The lowest BCUT2D eigenvalue weighted by atomic mass is 10.7. The number of hydrogen-bond acceptors (Lipinski definition) is 3. The van der Waals surface area contributed by atoms with E-state index in [1.54, 1.807) is 0 Å². The molecule has 0 aromatic carbocycles. The standard InChI is InChI=1S/C3H7NOS2.H3N/c5-2-1-4-3(6)7;/h5H,1-2H2,(H2,4,6,7);1H3. The molecular weight excluding hydrogens is 144 g/mol. The molecule has 0 aromatic heterocycles. The summed E-state index contributed by atoms with van der Waals surface area (Å²) >= 11 is 8.24. The zero-order valence-corrected chi connectivity index (χ0v) is 6.13. The van der Waals surface area contributed by atoms with Gasteiger partial charge in [-0.2, -0.15) is 0 Å². The lowest BCUT2D eigenvalue weighted by molar-refractivity contribution is 0.301. The minimum atomic E-state index is 0. The Bertz CT molecular complexity index is 68.3. The van der Waals surface area contributed by atoms with Crippen LogP contribution in [0.2, 0.25) is 0 Å². The van der Waals surface area contributed by atoms with Gasteiger partial charge in [-0.15, -0.1) is 12.6 Å². The minimum Gasteiger partial charge on any atom is -0.395 e. The smallest absolute Gasteiger partial charge is 0.130 e. The van der Waals surface area contributed by atoms with Crippen molar-refractivity contribution in [3.05, 3.63) is 0 Å². The van der Waals surface area contributed by atoms with Gasteiger partial charge in [0.15, 0.2) is 0 Å². The van der Waals surface area contributed by atoms with Crippen LogP contribution >= 0.6 is 24.8 Å². The summed E-state index contributed by atoms with van der Waals surface area (Å²) in [6.45, 7) is 0.586. The summed E-state index contributed by atoms with van der Waals surface area (Å²) in [4.78, 5) is 0. The van der Waals surface area contributed by atoms with Crippen molar-refractivity contribution in [2.75, 3.05) is 13.2 Å². The van der Waals surface area contributed by atoms with Gasteiger partial charge in [0.2, 0.25) is 0 Å². The number of aliphatic hydroxyl groups excluding tert-OH is 1. The molecule has 0 aromatic rings. The maximum absolute atomic E-state index is 8.16. The summed E-state index contributed by atoms with van der Waals surface area (Å²) in [6.07, 6.45) is 0. The maximum Gasteiger partial charge on any atom is 0.130 e. The Labute approximate surface area is 59.5 Å². The van der Waals surface area contributed by atoms with Crippen LogP contribution in [0.5, 0.6) is 0 Å². The summed E-state index contributed by atoms with van der Waals surface area (Å²) in [6, 6.07) is 0. The van der Waals surface area contributed by atoms with Gasteiger partial charge in [0.05, 0.1) is 6.61 Å². The highest BCUT2D eigenvalue weighted by molar-refractivity contribution is 8.11. The Balaban J connectivity index is 0. The van der Waals surface area contributed by atoms with Crippen LogP contribution in [-0.4, -0.2) is 22.6 Å². The molecule has 0 aliphatic carbocycles. The van der Waals surface area contributed by atoms with Crippen molar-refractivity contribution < 1.29 is 5.11 Å². The van der Waals surface area contributed by atoms with E-state index < -0.39 is 0 Å². The van der Waals surface area contributed by atoms with E-state index in [0.717, 1.165) is 0 Å². The van der Waals surface area contributed by atoms with Crippen molar-refractivity contribution in [1.82, 2.24) is 11.5 Å². The highest BCUT2D eigenvalue weighted by Gasteiger charge is 1.80. The lowest BCUT2D eigenvalue weighted by Gasteiger charge is -1.95. The van der Waals surface area contributed by atoms with Crippen molar-refractivity contribution in [1.29, 1.82) is 0 Å². The van der Waals surface area contributed by atoms with Crippen LogP contribution in [0.4, 0.5) is 0 Å². The number of nitrogens with one attached hydrogen (secondary N) is 1. The van der Waals surface area contributed by atoms with Crippen molar-refractivity contribution in [2.24, 2.45) is 0 Å². The number of thiol groups is 1. The normalized spacial score (nSPS) is 7.25. The third-order valence-corrected chi connectivity index (χ3v) is 0.690. The second kappa shape index (κ2) is 7.16. The molecule has 0 aliphatic heterocycles. The lowest BCUT2D eigenvalue weighted by Crippen LogP contribution is -2.19. The highest BCUT2D eigenvalue weighted by Crippen LogP contribution is 1.73. The van der Waals surface area contributed by atoms with Crippen LogP contribution in [0.25, 0.3) is 0 Å². The van der Waals surface area contributed by atoms with Crippen LogP contribution in [-0.2, 0) is 0 Å². The van der Waals surface area contributed by atoms with Crippen LogP contribution in [0, 0.1) is 0 Å². The molecular formula is C3H10N2OS2. The fourth-order valence-electron chi connectivity index (χ4n) is 0.163. The van der Waals surface area contributed by atoms with Gasteiger partial charge in [-0.05, 0) is 0 Å². The molecule has 0 saturated heterocycles. The first-order valence-corrected chi connectivity index (χ1v) is 2.70. The largest absolute Gasteiger partial charge is 0.395 e. The fourth-order valence-corrected chi connectivity index (χ4v) is 0.377. The minimum absolute atomic E-state index is 0. The first kappa shape index (κ1) is 11.0. The SMILES string of the molecule is N.OCCNC(=S)S. The Morgan fingerprint density at radius 2 is 2.25 bits per heavy atom. The predicted octanol–water partition coefficient (Wildman–Crippen LogP) is -0.0550.